The largest absolute Gasteiger partial charge is 0.490 e. The van der Waals surface area contributed by atoms with Crippen molar-refractivity contribution in [1.29, 1.82) is 0 Å². The van der Waals surface area contributed by atoms with Crippen LogP contribution < -0.4 is 5.73 Å². The first-order chi connectivity index (χ1) is 25.5. The van der Waals surface area contributed by atoms with Crippen LogP contribution in [-0.4, -0.2) is 147 Å². The summed E-state index contributed by atoms with van der Waals surface area (Å²) in [6.45, 7) is 6.69. The summed E-state index contributed by atoms with van der Waals surface area (Å²) in [5.74, 6) is -8.56. The second-order valence-electron chi connectivity index (χ2n) is 11.5. The maximum atomic E-state index is 12.4. The van der Waals surface area contributed by atoms with Crippen LogP contribution in [0.25, 0.3) is 0 Å². The third-order valence-corrected chi connectivity index (χ3v) is 6.76. The molecule has 2 heterocycles. The molecule has 3 N–H and O–H groups in total. The Labute approximate surface area is 311 Å². The minimum Gasteiger partial charge on any atom is -0.475 e. The lowest BCUT2D eigenvalue weighted by atomic mass is 9.96. The van der Waals surface area contributed by atoms with Gasteiger partial charge in [-0.15, -0.1) is 0 Å². The van der Waals surface area contributed by atoms with E-state index in [1.807, 2.05) is 0 Å². The maximum absolute atomic E-state index is 12.4. The van der Waals surface area contributed by atoms with Gasteiger partial charge in [0.15, 0.2) is 43.1 Å². The summed E-state index contributed by atoms with van der Waals surface area (Å²) in [7, 11) is 0. The lowest BCUT2D eigenvalue weighted by molar-refractivity contribution is -0.361. The Morgan fingerprint density at radius 1 is 0.564 bits per heavy atom. The first kappa shape index (κ1) is 48.4. The van der Waals surface area contributed by atoms with Gasteiger partial charge in [0.2, 0.25) is 0 Å². The Morgan fingerprint density at radius 3 is 1.29 bits per heavy atom. The number of hydrogen-bond acceptors (Lipinski definition) is 20. The lowest BCUT2D eigenvalue weighted by Crippen LogP contribution is -2.67. The van der Waals surface area contributed by atoms with Crippen LogP contribution >= 0.6 is 0 Å². The Bertz CT molecular complexity index is 1360. The third kappa shape index (κ3) is 17.1. The number of rotatable bonds is 15. The molecule has 0 aromatic rings. The molecule has 2 saturated heterocycles. The van der Waals surface area contributed by atoms with E-state index in [0.717, 1.165) is 48.5 Å². The summed E-state index contributed by atoms with van der Waals surface area (Å²) in [4.78, 5) is 93.7. The van der Waals surface area contributed by atoms with E-state index in [1.165, 1.54) is 0 Å². The highest BCUT2D eigenvalue weighted by Crippen LogP contribution is 2.35. The third-order valence-electron chi connectivity index (χ3n) is 6.76. The molecule has 55 heavy (non-hydrogen) atoms. The summed E-state index contributed by atoms with van der Waals surface area (Å²) in [6, 6.07) is 0. The predicted molar refractivity (Wildman–Crippen MR) is 167 cm³/mol. The molecule has 24 heteroatoms. The SMILES string of the molecule is CC(=O)OC[C@H]1O[C@H](O[C@@H]2[C@H](OC(C)=O)[C@@H](OC(C)=O)[C@H](OCCCN)O[C@@H]2COC(C)=O)[C@H](OC(C)=O)[C@@H](OC(C)=O)[C@H]1OC(C)=O.O=C(O)C(F)(F)F. The van der Waals surface area contributed by atoms with E-state index < -0.39 is 129 Å². The topological polar surface area (TPSA) is 284 Å². The molecule has 0 aromatic heterocycles. The van der Waals surface area contributed by atoms with E-state index in [4.69, 9.17) is 67.7 Å². The van der Waals surface area contributed by atoms with Gasteiger partial charge >= 0.3 is 53.9 Å². The predicted octanol–water partition coefficient (Wildman–Crippen LogP) is -0.395. The Balaban J connectivity index is 0.00000196. The number of aliphatic carboxylic acids is 1. The first-order valence-corrected chi connectivity index (χ1v) is 16.2. The molecule has 0 unspecified atom stereocenters. The summed E-state index contributed by atoms with van der Waals surface area (Å²) in [6.07, 6.45) is -19.9. The summed E-state index contributed by atoms with van der Waals surface area (Å²) < 4.78 is 93.4. The van der Waals surface area contributed by atoms with Crippen molar-refractivity contribution < 1.29 is 109 Å². The molecule has 2 aliphatic rings. The molecule has 0 bridgehead atoms. The molecule has 2 aliphatic heterocycles. The van der Waals surface area contributed by atoms with Crippen molar-refractivity contribution >= 4 is 47.8 Å². The molecule has 0 amide bonds. The second-order valence-corrected chi connectivity index (χ2v) is 11.5. The van der Waals surface area contributed by atoms with Gasteiger partial charge in [-0.05, 0) is 13.0 Å². The molecule has 0 spiro atoms. The standard InChI is InChI=1S/C29H43NO18.C2HF3O2/c1-13(31)39-11-20-22(41-15(3)33)24(42-16(4)34)27(45-19(7)37)29(47-20)48-23-21(12-40-14(2)32)46-28(38-10-8-9-30)26(44-18(6)36)25(23)43-17(5)35;3-2(4,5)1(6)7/h20-29H,8-12,30H2,1-7H3;(H,6,7)/t20-,21-,22+,23+,24+,25+,26-,27-,28-,29-;/m1./s1. The maximum Gasteiger partial charge on any atom is 0.490 e. The zero-order valence-electron chi connectivity index (χ0n) is 30.7. The van der Waals surface area contributed by atoms with Gasteiger partial charge in [-0.2, -0.15) is 13.2 Å². The fourth-order valence-electron chi connectivity index (χ4n) is 4.89. The molecule has 10 atom stereocenters. The van der Waals surface area contributed by atoms with Gasteiger partial charge in [-0.3, -0.25) is 33.6 Å². The highest BCUT2D eigenvalue weighted by molar-refractivity contribution is 5.73. The van der Waals surface area contributed by atoms with Gasteiger partial charge in [0.25, 0.3) is 0 Å². The van der Waals surface area contributed by atoms with Crippen LogP contribution in [0, 0.1) is 0 Å². The van der Waals surface area contributed by atoms with Crippen LogP contribution in [0.1, 0.15) is 54.9 Å². The number of carbonyl (C=O) groups is 8. The van der Waals surface area contributed by atoms with Crippen molar-refractivity contribution in [2.75, 3.05) is 26.4 Å². The van der Waals surface area contributed by atoms with Gasteiger partial charge in [0, 0.05) is 48.5 Å². The molecule has 0 saturated carbocycles. The van der Waals surface area contributed by atoms with Crippen LogP contribution in [0.4, 0.5) is 13.2 Å². The minimum absolute atomic E-state index is 0.0250. The number of nitrogens with two attached hydrogens (primary N) is 1. The molecular formula is C31H44F3NO20. The normalized spacial score (nSPS) is 27.5. The molecular weight excluding hydrogens is 763 g/mol. The Morgan fingerprint density at radius 2 is 0.909 bits per heavy atom. The Kier molecular flexibility index (Phi) is 19.9. The number of carboxylic acid groups (broad SMARTS) is 1. The quantitative estimate of drug-likeness (QED) is 0.121. The lowest BCUT2D eigenvalue weighted by Gasteiger charge is -2.48. The highest BCUT2D eigenvalue weighted by atomic mass is 19.4. The monoisotopic (exact) mass is 807 g/mol. The molecule has 0 aliphatic carbocycles. The second kappa shape index (κ2) is 22.7. The smallest absolute Gasteiger partial charge is 0.475 e. The van der Waals surface area contributed by atoms with Crippen molar-refractivity contribution in [3.05, 3.63) is 0 Å². The molecule has 2 fully saturated rings. The van der Waals surface area contributed by atoms with E-state index in [1.54, 1.807) is 0 Å². The molecule has 314 valence electrons. The minimum atomic E-state index is -5.08. The number of ether oxygens (including phenoxy) is 11. The fourth-order valence-corrected chi connectivity index (χ4v) is 4.89. The van der Waals surface area contributed by atoms with Crippen LogP contribution in [-0.2, 0) is 90.5 Å². The average Bonchev–Trinajstić information content (AvgIpc) is 3.03. The zero-order chi connectivity index (χ0) is 42.2. The van der Waals surface area contributed by atoms with Crippen molar-refractivity contribution in [2.24, 2.45) is 5.73 Å². The van der Waals surface area contributed by atoms with Crippen LogP contribution in [0.5, 0.6) is 0 Å². The molecule has 0 radical (unpaired) electrons. The summed E-state index contributed by atoms with van der Waals surface area (Å²) >= 11 is 0. The van der Waals surface area contributed by atoms with E-state index in [0.29, 0.717) is 6.42 Å². The molecule has 0 aromatic carbocycles. The number of esters is 7. The highest BCUT2D eigenvalue weighted by Gasteiger charge is 2.57. The Hall–Kier alpha value is -4.65. The summed E-state index contributed by atoms with van der Waals surface area (Å²) in [5, 5.41) is 7.12. The number of carboxylic acids is 1. The van der Waals surface area contributed by atoms with Gasteiger partial charge in [-0.25, -0.2) is 4.79 Å². The number of hydrogen-bond donors (Lipinski definition) is 2. The van der Waals surface area contributed by atoms with Crippen molar-refractivity contribution in [1.82, 2.24) is 0 Å². The molecule has 2 rings (SSSR count). The van der Waals surface area contributed by atoms with Crippen molar-refractivity contribution in [3.8, 4) is 0 Å². The first-order valence-electron chi connectivity index (χ1n) is 16.2. The number of carbonyl (C=O) groups excluding carboxylic acids is 7. The van der Waals surface area contributed by atoms with Crippen molar-refractivity contribution in [3.63, 3.8) is 0 Å². The van der Waals surface area contributed by atoms with Gasteiger partial charge in [-0.1, -0.05) is 0 Å². The van der Waals surface area contributed by atoms with E-state index in [2.05, 4.69) is 0 Å². The van der Waals surface area contributed by atoms with E-state index in [9.17, 15) is 46.7 Å². The average molecular weight is 808 g/mol. The number of alkyl halides is 3. The summed E-state index contributed by atoms with van der Waals surface area (Å²) in [5.41, 5.74) is 5.57. The van der Waals surface area contributed by atoms with Gasteiger partial charge < -0.3 is 62.9 Å². The number of halogens is 3. The van der Waals surface area contributed by atoms with Crippen LogP contribution in [0.2, 0.25) is 0 Å². The molecule has 21 nitrogen and oxygen atoms in total. The zero-order valence-corrected chi connectivity index (χ0v) is 30.7. The fraction of sp³-hybridized carbons (Fsp3) is 0.742. The van der Waals surface area contributed by atoms with Gasteiger partial charge in [0.05, 0.1) is 6.61 Å². The van der Waals surface area contributed by atoms with Gasteiger partial charge in [0.1, 0.15) is 31.5 Å². The van der Waals surface area contributed by atoms with E-state index >= 15 is 0 Å². The van der Waals surface area contributed by atoms with Crippen LogP contribution in [0.15, 0.2) is 0 Å². The van der Waals surface area contributed by atoms with E-state index in [-0.39, 0.29) is 13.2 Å². The van der Waals surface area contributed by atoms with Crippen LogP contribution in [0.3, 0.4) is 0 Å². The van der Waals surface area contributed by atoms with Crippen molar-refractivity contribution in [2.45, 2.75) is 122 Å².